The minimum Gasteiger partial charge on any atom is -0.756 e. The zero-order valence-electron chi connectivity index (χ0n) is 27.9. The second kappa shape index (κ2) is 26.9. The fourth-order valence-electron chi connectivity index (χ4n) is 4.07. The number of allylic oxidation sites excluding steroid dienone is 4. The predicted molar refractivity (Wildman–Crippen MR) is 171 cm³/mol. The van der Waals surface area contributed by atoms with Crippen LogP contribution in [0.3, 0.4) is 0 Å². The summed E-state index contributed by atoms with van der Waals surface area (Å²) in [5.41, 5.74) is 0. The van der Waals surface area contributed by atoms with E-state index < -0.39 is 32.5 Å². The highest BCUT2D eigenvalue weighted by molar-refractivity contribution is 7.45. The molecule has 0 aliphatic heterocycles. The van der Waals surface area contributed by atoms with E-state index in [0.717, 1.165) is 32.1 Å². The van der Waals surface area contributed by atoms with Crippen molar-refractivity contribution in [1.29, 1.82) is 0 Å². The standard InChI is InChI=1S/C33H62NO8P/c1-6-8-9-10-11-12-13-14-15-16-17-18-19-20-21-22-23-24-25-26-33(36)42-31(29-39-32(35)7-2)30-41-43(37,38)40-28-27-34(3,4)5/h11-12,14-15,31H,6-10,13,16-30H2,1-5H3/b12-11-,15-14-. The summed E-state index contributed by atoms with van der Waals surface area (Å²) in [6, 6.07) is 0. The van der Waals surface area contributed by atoms with E-state index in [4.69, 9.17) is 18.5 Å². The Bertz CT molecular complexity index is 809. The number of ether oxygens (including phenoxy) is 2. The molecule has 43 heavy (non-hydrogen) atoms. The number of phosphoric acid groups is 1. The second-order valence-electron chi connectivity index (χ2n) is 12.1. The highest BCUT2D eigenvalue weighted by atomic mass is 31.2. The lowest BCUT2D eigenvalue weighted by Crippen LogP contribution is -2.37. The third kappa shape index (κ3) is 30.3. The Hall–Kier alpha value is -1.51. The Morgan fingerprint density at radius 3 is 1.86 bits per heavy atom. The third-order valence-electron chi connectivity index (χ3n) is 6.78. The highest BCUT2D eigenvalue weighted by Crippen LogP contribution is 2.38. The van der Waals surface area contributed by atoms with Gasteiger partial charge in [0.1, 0.15) is 19.8 Å². The summed E-state index contributed by atoms with van der Waals surface area (Å²) in [4.78, 5) is 36.0. The Kier molecular flexibility index (Phi) is 25.9. The molecule has 0 heterocycles. The maximum atomic E-state index is 12.4. The second-order valence-corrected chi connectivity index (χ2v) is 13.5. The maximum Gasteiger partial charge on any atom is 0.306 e. The predicted octanol–water partition coefficient (Wildman–Crippen LogP) is 7.43. The molecule has 0 N–H and O–H groups in total. The van der Waals surface area contributed by atoms with Crippen LogP contribution >= 0.6 is 7.82 Å². The van der Waals surface area contributed by atoms with E-state index in [1.54, 1.807) is 6.92 Å². The highest BCUT2D eigenvalue weighted by Gasteiger charge is 2.21. The lowest BCUT2D eigenvalue weighted by molar-refractivity contribution is -0.870. The summed E-state index contributed by atoms with van der Waals surface area (Å²) in [7, 11) is 1.15. The molecule has 252 valence electrons. The molecule has 0 rings (SSSR count). The fraction of sp³-hybridized carbons (Fsp3) is 0.818. The normalized spacial score (nSPS) is 14.3. The molecule has 2 atom stereocenters. The zero-order chi connectivity index (χ0) is 32.2. The van der Waals surface area contributed by atoms with Gasteiger partial charge in [0, 0.05) is 12.8 Å². The van der Waals surface area contributed by atoms with Crippen molar-refractivity contribution in [2.45, 2.75) is 129 Å². The van der Waals surface area contributed by atoms with Crippen LogP contribution in [0.2, 0.25) is 0 Å². The molecule has 0 saturated heterocycles. The van der Waals surface area contributed by atoms with Gasteiger partial charge in [-0.05, 0) is 38.5 Å². The number of carbonyl (C=O) groups is 2. The number of quaternary nitrogens is 1. The minimum absolute atomic E-state index is 0.0330. The lowest BCUT2D eigenvalue weighted by Gasteiger charge is -2.28. The molecule has 0 aliphatic rings. The first-order valence-electron chi connectivity index (χ1n) is 16.5. The monoisotopic (exact) mass is 631 g/mol. The summed E-state index contributed by atoms with van der Waals surface area (Å²) >= 11 is 0. The van der Waals surface area contributed by atoms with Crippen molar-refractivity contribution in [3.63, 3.8) is 0 Å². The number of likely N-dealkylation sites (N-methyl/N-ethyl adjacent to an activating group) is 1. The number of hydrogen-bond acceptors (Lipinski definition) is 8. The van der Waals surface area contributed by atoms with Gasteiger partial charge in [0.25, 0.3) is 7.82 Å². The Balaban J connectivity index is 4.01. The van der Waals surface area contributed by atoms with Crippen molar-refractivity contribution >= 4 is 19.8 Å². The van der Waals surface area contributed by atoms with Gasteiger partial charge in [-0.2, -0.15) is 0 Å². The van der Waals surface area contributed by atoms with E-state index in [1.807, 2.05) is 21.1 Å². The van der Waals surface area contributed by atoms with Crippen molar-refractivity contribution in [1.82, 2.24) is 0 Å². The SMILES string of the molecule is CCCCC/C=C\C/C=C\CCCCCCCCCCCC(=O)OC(COC(=O)CC)COP(=O)([O-])OCC[N+](C)(C)C. The quantitative estimate of drug-likeness (QED) is 0.0275. The molecule has 0 aliphatic carbocycles. The van der Waals surface area contributed by atoms with E-state index >= 15 is 0 Å². The molecule has 9 nitrogen and oxygen atoms in total. The van der Waals surface area contributed by atoms with Crippen molar-refractivity contribution < 1.29 is 42.1 Å². The van der Waals surface area contributed by atoms with Gasteiger partial charge < -0.3 is 27.9 Å². The number of hydrogen-bond donors (Lipinski definition) is 0. The van der Waals surface area contributed by atoms with Gasteiger partial charge in [-0.25, -0.2) is 0 Å². The molecular weight excluding hydrogens is 569 g/mol. The van der Waals surface area contributed by atoms with Crippen LogP contribution in [-0.4, -0.2) is 70.0 Å². The molecule has 10 heteroatoms. The summed E-state index contributed by atoms with van der Waals surface area (Å²) < 4.78 is 32.8. The van der Waals surface area contributed by atoms with Crippen LogP contribution in [0, 0.1) is 0 Å². The van der Waals surface area contributed by atoms with Crippen molar-refractivity contribution in [2.75, 3.05) is 47.5 Å². The van der Waals surface area contributed by atoms with Gasteiger partial charge in [0.05, 0.1) is 27.7 Å². The van der Waals surface area contributed by atoms with Crippen molar-refractivity contribution in [3.05, 3.63) is 24.3 Å². The van der Waals surface area contributed by atoms with Gasteiger partial charge in [0.15, 0.2) is 6.10 Å². The fourth-order valence-corrected chi connectivity index (χ4v) is 4.80. The number of esters is 2. The van der Waals surface area contributed by atoms with E-state index in [0.29, 0.717) is 17.4 Å². The summed E-state index contributed by atoms with van der Waals surface area (Å²) in [5.74, 6) is -0.941. The van der Waals surface area contributed by atoms with Gasteiger partial charge in [0.2, 0.25) is 0 Å². The molecule has 0 aromatic rings. The lowest BCUT2D eigenvalue weighted by atomic mass is 10.1. The van der Waals surface area contributed by atoms with E-state index in [-0.39, 0.29) is 26.1 Å². The summed E-state index contributed by atoms with van der Waals surface area (Å²) in [5, 5.41) is 0. The molecule has 0 aromatic carbocycles. The van der Waals surface area contributed by atoms with E-state index in [9.17, 15) is 19.0 Å². The molecule has 2 unspecified atom stereocenters. The average Bonchev–Trinajstić information content (AvgIpc) is 2.94. The molecule has 0 saturated carbocycles. The van der Waals surface area contributed by atoms with Gasteiger partial charge >= 0.3 is 11.9 Å². The molecule has 0 spiro atoms. The van der Waals surface area contributed by atoms with Crippen LogP contribution in [0.5, 0.6) is 0 Å². The van der Waals surface area contributed by atoms with E-state index in [2.05, 4.69) is 31.2 Å². The number of nitrogens with zero attached hydrogens (tertiary/aromatic N) is 1. The van der Waals surface area contributed by atoms with Gasteiger partial charge in [-0.1, -0.05) is 95.9 Å². The summed E-state index contributed by atoms with van der Waals surface area (Å²) in [6.45, 7) is 3.57. The van der Waals surface area contributed by atoms with E-state index in [1.165, 1.54) is 57.8 Å². The van der Waals surface area contributed by atoms with Crippen LogP contribution in [0.4, 0.5) is 0 Å². The first-order chi connectivity index (χ1) is 20.5. The first-order valence-corrected chi connectivity index (χ1v) is 18.0. The third-order valence-corrected chi connectivity index (χ3v) is 7.74. The molecule has 0 amide bonds. The Morgan fingerprint density at radius 1 is 0.744 bits per heavy atom. The smallest absolute Gasteiger partial charge is 0.306 e. The van der Waals surface area contributed by atoms with Crippen LogP contribution < -0.4 is 4.89 Å². The Morgan fingerprint density at radius 2 is 1.30 bits per heavy atom. The number of unbranched alkanes of at least 4 members (excludes halogenated alkanes) is 12. The molecule has 0 radical (unpaired) electrons. The minimum atomic E-state index is -4.58. The topological polar surface area (TPSA) is 111 Å². The number of phosphoric ester groups is 1. The number of carbonyl (C=O) groups excluding carboxylic acids is 2. The number of rotatable bonds is 29. The molecule has 0 aromatic heterocycles. The van der Waals surface area contributed by atoms with Gasteiger partial charge in [-0.3, -0.25) is 14.2 Å². The largest absolute Gasteiger partial charge is 0.756 e. The van der Waals surface area contributed by atoms with Gasteiger partial charge in [-0.15, -0.1) is 0 Å². The molecule has 0 fully saturated rings. The first kappa shape index (κ1) is 41.5. The van der Waals surface area contributed by atoms with Crippen LogP contribution in [0.25, 0.3) is 0 Å². The van der Waals surface area contributed by atoms with Crippen LogP contribution in [0.15, 0.2) is 24.3 Å². The van der Waals surface area contributed by atoms with Crippen LogP contribution in [-0.2, 0) is 32.7 Å². The maximum absolute atomic E-state index is 12.4. The molecular formula is C33H62NO8P. The molecule has 0 bridgehead atoms. The Labute approximate surface area is 262 Å². The van der Waals surface area contributed by atoms with Crippen molar-refractivity contribution in [3.8, 4) is 0 Å². The zero-order valence-corrected chi connectivity index (χ0v) is 28.8. The van der Waals surface area contributed by atoms with Crippen LogP contribution in [0.1, 0.15) is 123 Å². The summed E-state index contributed by atoms with van der Waals surface area (Å²) in [6.07, 6.45) is 25.9. The average molecular weight is 632 g/mol. The van der Waals surface area contributed by atoms with Crippen molar-refractivity contribution in [2.24, 2.45) is 0 Å².